The largest absolute Gasteiger partial charge is 0.479 e. The van der Waals surface area contributed by atoms with E-state index in [1.54, 1.807) is 0 Å². The Hall–Kier alpha value is -2.31. The molecule has 20 heavy (non-hydrogen) atoms. The minimum Gasteiger partial charge on any atom is -0.479 e. The monoisotopic (exact) mass is 279 g/mol. The van der Waals surface area contributed by atoms with Gasteiger partial charge in [0.25, 0.3) is 0 Å². The highest BCUT2D eigenvalue weighted by molar-refractivity contribution is 5.75. The lowest BCUT2D eigenvalue weighted by Crippen LogP contribution is -2.18. The zero-order valence-corrected chi connectivity index (χ0v) is 10.2. The lowest BCUT2D eigenvalue weighted by molar-refractivity contribution is -0.151. The first kappa shape index (κ1) is 14.1. The van der Waals surface area contributed by atoms with Gasteiger partial charge >= 0.3 is 5.97 Å². The number of aliphatic carboxylic acids is 1. The van der Waals surface area contributed by atoms with Crippen molar-refractivity contribution in [3.8, 4) is 11.1 Å². The van der Waals surface area contributed by atoms with E-state index in [0.717, 1.165) is 12.1 Å². The molecule has 2 aromatic carbocycles. The molecule has 0 aliphatic rings. The molecule has 2 rings (SSSR count). The van der Waals surface area contributed by atoms with E-state index in [9.17, 15) is 13.6 Å². The van der Waals surface area contributed by atoms with Crippen LogP contribution >= 0.6 is 0 Å². The van der Waals surface area contributed by atoms with Crippen molar-refractivity contribution in [2.45, 2.75) is 6.10 Å². The zero-order chi connectivity index (χ0) is 14.7. The van der Waals surface area contributed by atoms with Gasteiger partial charge in [0.05, 0.1) is 0 Å². The van der Waals surface area contributed by atoms with E-state index in [2.05, 4.69) is 4.84 Å². The SMILES string of the molecule is NOC(C(=O)O)c1ccc(-c2ccc(F)cc2F)cc1. The van der Waals surface area contributed by atoms with Gasteiger partial charge in [-0.15, -0.1) is 0 Å². The predicted octanol–water partition coefficient (Wildman–Crippen LogP) is 2.65. The molecule has 0 radical (unpaired) electrons. The Morgan fingerprint density at radius 1 is 1.15 bits per heavy atom. The Morgan fingerprint density at radius 3 is 2.30 bits per heavy atom. The third-order valence-corrected chi connectivity index (χ3v) is 2.82. The van der Waals surface area contributed by atoms with E-state index in [4.69, 9.17) is 11.0 Å². The summed E-state index contributed by atoms with van der Waals surface area (Å²) in [7, 11) is 0. The average molecular weight is 279 g/mol. The number of halogens is 2. The van der Waals surface area contributed by atoms with E-state index in [0.29, 0.717) is 11.1 Å². The summed E-state index contributed by atoms with van der Waals surface area (Å²) in [6, 6.07) is 9.20. The van der Waals surface area contributed by atoms with Crippen molar-refractivity contribution in [1.29, 1.82) is 0 Å². The first-order valence-electron chi connectivity index (χ1n) is 5.66. The van der Waals surface area contributed by atoms with Gasteiger partial charge in [0.1, 0.15) is 11.6 Å². The fourth-order valence-corrected chi connectivity index (χ4v) is 1.84. The normalized spacial score (nSPS) is 12.2. The lowest BCUT2D eigenvalue weighted by atomic mass is 10.0. The van der Waals surface area contributed by atoms with Gasteiger partial charge in [-0.3, -0.25) is 4.84 Å². The highest BCUT2D eigenvalue weighted by Gasteiger charge is 2.19. The Bertz CT molecular complexity index is 629. The number of benzene rings is 2. The summed E-state index contributed by atoms with van der Waals surface area (Å²) >= 11 is 0. The van der Waals surface area contributed by atoms with E-state index >= 15 is 0 Å². The van der Waals surface area contributed by atoms with Crippen LogP contribution in [0.15, 0.2) is 42.5 Å². The zero-order valence-electron chi connectivity index (χ0n) is 10.2. The maximum absolute atomic E-state index is 13.6. The second kappa shape index (κ2) is 5.77. The van der Waals surface area contributed by atoms with Crippen LogP contribution in [0.5, 0.6) is 0 Å². The van der Waals surface area contributed by atoms with Crippen molar-refractivity contribution in [2.24, 2.45) is 5.90 Å². The summed E-state index contributed by atoms with van der Waals surface area (Å²) in [5.74, 6) is 2.33. The molecule has 3 N–H and O–H groups in total. The molecule has 2 aromatic rings. The van der Waals surface area contributed by atoms with E-state index in [1.807, 2.05) is 0 Å². The summed E-state index contributed by atoms with van der Waals surface area (Å²) in [6.07, 6.45) is -1.29. The number of hydrogen-bond acceptors (Lipinski definition) is 3. The Morgan fingerprint density at radius 2 is 1.80 bits per heavy atom. The van der Waals surface area contributed by atoms with Crippen LogP contribution in [-0.4, -0.2) is 11.1 Å². The summed E-state index contributed by atoms with van der Waals surface area (Å²) in [4.78, 5) is 15.2. The molecule has 4 nitrogen and oxygen atoms in total. The minimum atomic E-state index is -1.29. The molecule has 0 aliphatic heterocycles. The van der Waals surface area contributed by atoms with Crippen LogP contribution in [-0.2, 0) is 9.63 Å². The topological polar surface area (TPSA) is 72.5 Å². The molecular formula is C14H11F2NO3. The molecule has 6 heteroatoms. The van der Waals surface area contributed by atoms with E-state index in [-0.39, 0.29) is 5.56 Å². The third-order valence-electron chi connectivity index (χ3n) is 2.82. The van der Waals surface area contributed by atoms with E-state index in [1.165, 1.54) is 30.3 Å². The summed E-state index contributed by atoms with van der Waals surface area (Å²) in [5.41, 5.74) is 1.04. The molecule has 0 bridgehead atoms. The second-order valence-corrected chi connectivity index (χ2v) is 4.10. The van der Waals surface area contributed by atoms with Gasteiger partial charge in [-0.05, 0) is 23.3 Å². The van der Waals surface area contributed by atoms with Gasteiger partial charge in [0.2, 0.25) is 6.10 Å². The van der Waals surface area contributed by atoms with Gasteiger partial charge < -0.3 is 5.11 Å². The smallest absolute Gasteiger partial charge is 0.339 e. The Labute approximate surface area is 113 Å². The van der Waals surface area contributed by atoms with Crippen LogP contribution in [0.25, 0.3) is 11.1 Å². The molecule has 1 atom stereocenters. The Balaban J connectivity index is 2.34. The fourth-order valence-electron chi connectivity index (χ4n) is 1.84. The van der Waals surface area contributed by atoms with Gasteiger partial charge in [-0.2, -0.15) is 0 Å². The van der Waals surface area contributed by atoms with Crippen LogP contribution in [0.2, 0.25) is 0 Å². The molecule has 0 aromatic heterocycles. The number of carboxylic acid groups (broad SMARTS) is 1. The maximum Gasteiger partial charge on any atom is 0.339 e. The summed E-state index contributed by atoms with van der Waals surface area (Å²) in [6.45, 7) is 0. The molecule has 1 unspecified atom stereocenters. The van der Waals surface area contributed by atoms with Crippen LogP contribution in [0.4, 0.5) is 8.78 Å². The molecule has 0 amide bonds. The quantitative estimate of drug-likeness (QED) is 0.844. The van der Waals surface area contributed by atoms with Gasteiger partial charge in [0, 0.05) is 11.6 Å². The molecule has 0 spiro atoms. The fraction of sp³-hybridized carbons (Fsp3) is 0.0714. The van der Waals surface area contributed by atoms with Gasteiger partial charge in [-0.1, -0.05) is 24.3 Å². The van der Waals surface area contributed by atoms with Crippen molar-refractivity contribution in [2.75, 3.05) is 0 Å². The highest BCUT2D eigenvalue weighted by atomic mass is 19.1. The summed E-state index contributed by atoms with van der Waals surface area (Å²) in [5, 5.41) is 8.88. The van der Waals surface area contributed by atoms with Crippen molar-refractivity contribution in [3.05, 3.63) is 59.7 Å². The first-order valence-corrected chi connectivity index (χ1v) is 5.66. The number of rotatable bonds is 4. The maximum atomic E-state index is 13.6. The lowest BCUT2D eigenvalue weighted by Gasteiger charge is -2.11. The molecule has 0 saturated carbocycles. The number of nitrogens with two attached hydrogens (primary N) is 1. The van der Waals surface area contributed by atoms with Gasteiger partial charge in [0.15, 0.2) is 0 Å². The Kier molecular flexibility index (Phi) is 4.07. The molecule has 0 saturated heterocycles. The number of hydrogen-bond donors (Lipinski definition) is 2. The van der Waals surface area contributed by atoms with Crippen molar-refractivity contribution in [3.63, 3.8) is 0 Å². The van der Waals surface area contributed by atoms with Crippen LogP contribution < -0.4 is 5.90 Å². The van der Waals surface area contributed by atoms with Crippen molar-refractivity contribution >= 4 is 5.97 Å². The third kappa shape index (κ3) is 2.81. The predicted molar refractivity (Wildman–Crippen MR) is 67.4 cm³/mol. The number of carboxylic acids is 1. The standard InChI is InChI=1S/C14H11F2NO3/c15-10-5-6-11(12(16)7-10)8-1-3-9(4-2-8)13(20-17)14(18)19/h1-7,13H,17H2,(H,18,19). The molecule has 0 heterocycles. The molecule has 0 fully saturated rings. The minimum absolute atomic E-state index is 0.221. The first-order chi connectivity index (χ1) is 9.52. The molecule has 0 aliphatic carbocycles. The van der Waals surface area contributed by atoms with Gasteiger partial charge in [-0.25, -0.2) is 19.5 Å². The van der Waals surface area contributed by atoms with Crippen molar-refractivity contribution in [1.82, 2.24) is 0 Å². The van der Waals surface area contributed by atoms with Crippen molar-refractivity contribution < 1.29 is 23.5 Å². The second-order valence-electron chi connectivity index (χ2n) is 4.10. The van der Waals surface area contributed by atoms with E-state index < -0.39 is 23.7 Å². The molecule has 104 valence electrons. The van der Waals surface area contributed by atoms with Crippen LogP contribution in [0.1, 0.15) is 11.7 Å². The summed E-state index contributed by atoms with van der Waals surface area (Å²) < 4.78 is 26.4. The van der Waals surface area contributed by atoms with Crippen LogP contribution in [0.3, 0.4) is 0 Å². The average Bonchev–Trinajstić information content (AvgIpc) is 2.40. The highest BCUT2D eigenvalue weighted by Crippen LogP contribution is 2.25. The van der Waals surface area contributed by atoms with Crippen LogP contribution in [0, 0.1) is 11.6 Å². The number of carbonyl (C=O) groups is 1. The molecular weight excluding hydrogens is 268 g/mol.